The van der Waals surface area contributed by atoms with Crippen molar-refractivity contribution < 1.29 is 22.7 Å². The first-order chi connectivity index (χ1) is 12.9. The Kier molecular flexibility index (Phi) is 6.20. The lowest BCUT2D eigenvalue weighted by Crippen LogP contribution is -2.41. The molecule has 1 aromatic rings. The molecule has 7 nitrogen and oxygen atoms in total. The molecule has 0 spiro atoms. The summed E-state index contributed by atoms with van der Waals surface area (Å²) in [6.45, 7) is 2.12. The highest BCUT2D eigenvalue weighted by molar-refractivity contribution is 7.89. The van der Waals surface area contributed by atoms with Gasteiger partial charge in [-0.3, -0.25) is 4.79 Å². The number of ether oxygens (including phenoxy) is 2. The van der Waals surface area contributed by atoms with Crippen molar-refractivity contribution >= 4 is 16.0 Å². The van der Waals surface area contributed by atoms with Crippen molar-refractivity contribution in [3.05, 3.63) is 29.8 Å². The first kappa shape index (κ1) is 20.3. The number of hydrogen-bond acceptors (Lipinski definition) is 6. The Balaban J connectivity index is 1.63. The molecule has 0 amide bonds. The SMILES string of the molecule is COC(=O)C1(c2ccc(S(=O)(=O)N3CCC(OCCCN)CC3)cc2)CC1. The van der Waals surface area contributed by atoms with Gasteiger partial charge in [0, 0.05) is 19.7 Å². The summed E-state index contributed by atoms with van der Waals surface area (Å²) in [5, 5.41) is 0. The van der Waals surface area contributed by atoms with Crippen LogP contribution in [-0.4, -0.2) is 58.1 Å². The summed E-state index contributed by atoms with van der Waals surface area (Å²) in [5.74, 6) is -0.255. The summed E-state index contributed by atoms with van der Waals surface area (Å²) >= 11 is 0. The highest BCUT2D eigenvalue weighted by Gasteiger charge is 2.52. The van der Waals surface area contributed by atoms with Crippen LogP contribution in [0.3, 0.4) is 0 Å². The van der Waals surface area contributed by atoms with Crippen molar-refractivity contribution in [3.8, 4) is 0 Å². The van der Waals surface area contributed by atoms with Crippen LogP contribution >= 0.6 is 0 Å². The van der Waals surface area contributed by atoms with E-state index < -0.39 is 15.4 Å². The molecule has 2 N–H and O–H groups in total. The van der Waals surface area contributed by atoms with Crippen LogP contribution in [0.25, 0.3) is 0 Å². The quantitative estimate of drug-likeness (QED) is 0.527. The van der Waals surface area contributed by atoms with Crippen molar-refractivity contribution in [1.82, 2.24) is 4.31 Å². The van der Waals surface area contributed by atoms with Crippen LogP contribution in [0.2, 0.25) is 0 Å². The molecule has 1 aromatic carbocycles. The zero-order valence-electron chi connectivity index (χ0n) is 15.7. The Labute approximate surface area is 160 Å². The second-order valence-electron chi connectivity index (χ2n) is 7.21. The molecule has 0 atom stereocenters. The average Bonchev–Trinajstić information content (AvgIpc) is 3.50. The number of piperidine rings is 1. The third-order valence-corrected chi connectivity index (χ3v) is 7.39. The molecule has 1 aliphatic carbocycles. The van der Waals surface area contributed by atoms with E-state index in [-0.39, 0.29) is 17.0 Å². The van der Waals surface area contributed by atoms with Crippen molar-refractivity contribution in [1.29, 1.82) is 0 Å². The van der Waals surface area contributed by atoms with E-state index in [1.807, 2.05) is 0 Å². The summed E-state index contributed by atoms with van der Waals surface area (Å²) in [5.41, 5.74) is 5.69. The van der Waals surface area contributed by atoms with Gasteiger partial charge in [-0.1, -0.05) is 12.1 Å². The largest absolute Gasteiger partial charge is 0.468 e. The van der Waals surface area contributed by atoms with Gasteiger partial charge in [0.1, 0.15) is 0 Å². The maximum Gasteiger partial charge on any atom is 0.316 e. The molecule has 1 heterocycles. The highest BCUT2D eigenvalue weighted by Crippen LogP contribution is 2.49. The molecule has 8 heteroatoms. The molecule has 0 bridgehead atoms. The van der Waals surface area contributed by atoms with Crippen molar-refractivity contribution in [3.63, 3.8) is 0 Å². The van der Waals surface area contributed by atoms with Gasteiger partial charge in [-0.05, 0) is 56.3 Å². The lowest BCUT2D eigenvalue weighted by Gasteiger charge is -2.31. The maximum atomic E-state index is 12.9. The normalized spacial score (nSPS) is 20.4. The predicted molar refractivity (Wildman–Crippen MR) is 101 cm³/mol. The summed E-state index contributed by atoms with van der Waals surface area (Å²) in [7, 11) is -2.16. The summed E-state index contributed by atoms with van der Waals surface area (Å²) in [6, 6.07) is 6.66. The molecule has 1 saturated carbocycles. The van der Waals surface area contributed by atoms with E-state index in [0.717, 1.165) is 24.8 Å². The van der Waals surface area contributed by atoms with E-state index in [2.05, 4.69) is 0 Å². The summed E-state index contributed by atoms with van der Waals surface area (Å²) in [6.07, 6.45) is 3.77. The Morgan fingerprint density at radius 1 is 1.22 bits per heavy atom. The van der Waals surface area contributed by atoms with Crippen molar-refractivity contribution in [2.24, 2.45) is 5.73 Å². The van der Waals surface area contributed by atoms with Gasteiger partial charge in [0.25, 0.3) is 0 Å². The van der Waals surface area contributed by atoms with Crippen LogP contribution in [0.15, 0.2) is 29.2 Å². The van der Waals surface area contributed by atoms with Gasteiger partial charge in [0.2, 0.25) is 10.0 Å². The highest BCUT2D eigenvalue weighted by atomic mass is 32.2. The van der Waals surface area contributed by atoms with E-state index in [9.17, 15) is 13.2 Å². The molecule has 2 fully saturated rings. The standard InChI is InChI=1S/C19H28N2O5S/c1-25-18(22)19(9-10-19)15-3-5-17(6-4-15)27(23,24)21-12-7-16(8-13-21)26-14-2-11-20/h3-6,16H,2,7-14,20H2,1H3. The van der Waals surface area contributed by atoms with E-state index in [1.54, 1.807) is 24.3 Å². The molecular weight excluding hydrogens is 368 g/mol. The fourth-order valence-corrected chi connectivity index (χ4v) is 5.07. The lowest BCUT2D eigenvalue weighted by molar-refractivity contribution is -0.143. The van der Waals surface area contributed by atoms with E-state index in [1.165, 1.54) is 11.4 Å². The van der Waals surface area contributed by atoms with Crippen LogP contribution in [0.5, 0.6) is 0 Å². The van der Waals surface area contributed by atoms with Gasteiger partial charge in [-0.15, -0.1) is 0 Å². The molecule has 1 aliphatic heterocycles. The number of esters is 1. The fourth-order valence-electron chi connectivity index (χ4n) is 3.60. The third kappa shape index (κ3) is 4.18. The number of carbonyl (C=O) groups is 1. The second kappa shape index (κ2) is 8.26. The molecule has 27 heavy (non-hydrogen) atoms. The maximum absolute atomic E-state index is 12.9. The zero-order valence-corrected chi connectivity index (χ0v) is 16.5. The average molecular weight is 397 g/mol. The minimum absolute atomic E-state index is 0.0974. The van der Waals surface area contributed by atoms with E-state index in [4.69, 9.17) is 15.2 Å². The number of rotatable bonds is 8. The zero-order chi connectivity index (χ0) is 19.5. The van der Waals surface area contributed by atoms with E-state index in [0.29, 0.717) is 39.1 Å². The molecule has 150 valence electrons. The second-order valence-corrected chi connectivity index (χ2v) is 9.15. The Hall–Kier alpha value is -1.48. The summed E-state index contributed by atoms with van der Waals surface area (Å²) < 4.78 is 37.9. The Morgan fingerprint density at radius 2 is 1.85 bits per heavy atom. The summed E-state index contributed by atoms with van der Waals surface area (Å²) in [4.78, 5) is 12.2. The number of sulfonamides is 1. The van der Waals surface area contributed by atoms with Gasteiger partial charge in [-0.2, -0.15) is 4.31 Å². The van der Waals surface area contributed by atoms with Crippen molar-refractivity contribution in [2.45, 2.75) is 48.5 Å². The fraction of sp³-hybridized carbons (Fsp3) is 0.632. The van der Waals surface area contributed by atoms with Crippen LogP contribution in [0, 0.1) is 0 Å². The first-order valence-electron chi connectivity index (χ1n) is 9.45. The van der Waals surface area contributed by atoms with Crippen molar-refractivity contribution in [2.75, 3.05) is 33.4 Å². The molecule has 3 rings (SSSR count). The number of benzene rings is 1. The van der Waals surface area contributed by atoms with E-state index >= 15 is 0 Å². The van der Waals surface area contributed by atoms with Gasteiger partial charge in [-0.25, -0.2) is 8.42 Å². The number of hydrogen-bond donors (Lipinski definition) is 1. The lowest BCUT2D eigenvalue weighted by atomic mass is 9.96. The van der Waals surface area contributed by atoms with Crippen LogP contribution in [0.4, 0.5) is 0 Å². The minimum Gasteiger partial charge on any atom is -0.468 e. The van der Waals surface area contributed by atoms with Gasteiger partial charge in [0.15, 0.2) is 0 Å². The molecule has 2 aliphatic rings. The molecule has 0 aromatic heterocycles. The Bertz CT molecular complexity index is 751. The molecule has 0 radical (unpaired) electrons. The van der Waals surface area contributed by atoms with Crippen LogP contribution in [-0.2, 0) is 29.7 Å². The molecule has 1 saturated heterocycles. The first-order valence-corrected chi connectivity index (χ1v) is 10.9. The topological polar surface area (TPSA) is 98.9 Å². The monoisotopic (exact) mass is 396 g/mol. The minimum atomic E-state index is -3.54. The Morgan fingerprint density at radius 3 is 2.37 bits per heavy atom. The molecular formula is C19H28N2O5S. The smallest absolute Gasteiger partial charge is 0.316 e. The number of carbonyl (C=O) groups excluding carboxylic acids is 1. The van der Waals surface area contributed by atoms with Crippen LogP contribution < -0.4 is 5.73 Å². The third-order valence-electron chi connectivity index (χ3n) is 5.47. The van der Waals surface area contributed by atoms with Gasteiger partial charge in [0.05, 0.1) is 23.5 Å². The predicted octanol–water partition coefficient (Wildman–Crippen LogP) is 1.41. The van der Waals surface area contributed by atoms with Gasteiger partial charge >= 0.3 is 5.97 Å². The molecule has 0 unspecified atom stereocenters. The number of methoxy groups -OCH3 is 1. The number of nitrogens with zero attached hydrogens (tertiary/aromatic N) is 1. The van der Waals surface area contributed by atoms with Gasteiger partial charge < -0.3 is 15.2 Å². The van der Waals surface area contributed by atoms with Crippen LogP contribution in [0.1, 0.15) is 37.7 Å². The number of nitrogens with two attached hydrogens (primary N) is 1.